The van der Waals surface area contributed by atoms with E-state index >= 15 is 0 Å². The summed E-state index contributed by atoms with van der Waals surface area (Å²) in [5.74, 6) is 0.794. The maximum Gasteiger partial charge on any atom is 0.338 e. The molecule has 0 aliphatic carbocycles. The SMILES string of the molecule is CCOc1ccc(C(=O)OCC(=O)N2CCN(c3ccccc3OC)CC2)cc1. The van der Waals surface area contributed by atoms with Gasteiger partial charge in [0.05, 0.1) is 25.0 Å². The number of esters is 1. The van der Waals surface area contributed by atoms with E-state index in [1.54, 1.807) is 36.3 Å². The van der Waals surface area contributed by atoms with Gasteiger partial charge in [0, 0.05) is 26.2 Å². The highest BCUT2D eigenvalue weighted by atomic mass is 16.5. The van der Waals surface area contributed by atoms with Crippen LogP contribution < -0.4 is 14.4 Å². The molecule has 0 radical (unpaired) electrons. The molecular formula is C22H26N2O5. The number of amides is 1. The number of nitrogens with zero attached hydrogens (tertiary/aromatic N) is 2. The Morgan fingerprint density at radius 1 is 0.966 bits per heavy atom. The zero-order chi connectivity index (χ0) is 20.6. The second-order valence-electron chi connectivity index (χ2n) is 6.57. The molecule has 1 heterocycles. The smallest absolute Gasteiger partial charge is 0.338 e. The van der Waals surface area contributed by atoms with Gasteiger partial charge in [-0.05, 0) is 43.3 Å². The van der Waals surface area contributed by atoms with Crippen LogP contribution in [-0.2, 0) is 9.53 Å². The van der Waals surface area contributed by atoms with Gasteiger partial charge in [0.15, 0.2) is 6.61 Å². The van der Waals surface area contributed by atoms with Crippen molar-refractivity contribution in [1.29, 1.82) is 0 Å². The lowest BCUT2D eigenvalue weighted by atomic mass is 10.2. The summed E-state index contributed by atoms with van der Waals surface area (Å²) in [7, 11) is 1.65. The van der Waals surface area contributed by atoms with Gasteiger partial charge in [-0.1, -0.05) is 12.1 Å². The molecule has 0 bridgehead atoms. The predicted octanol–water partition coefficient (Wildman–Crippen LogP) is 2.60. The summed E-state index contributed by atoms with van der Waals surface area (Å²) in [6, 6.07) is 14.5. The Morgan fingerprint density at radius 2 is 1.66 bits per heavy atom. The van der Waals surface area contributed by atoms with E-state index in [0.29, 0.717) is 44.1 Å². The first kappa shape index (κ1) is 20.5. The molecule has 0 unspecified atom stereocenters. The molecule has 7 nitrogen and oxygen atoms in total. The zero-order valence-electron chi connectivity index (χ0n) is 16.8. The molecule has 1 aliphatic rings. The number of carbonyl (C=O) groups excluding carboxylic acids is 2. The van der Waals surface area contributed by atoms with Gasteiger partial charge < -0.3 is 24.0 Å². The normalized spacial score (nSPS) is 13.7. The number of hydrogen-bond donors (Lipinski definition) is 0. The summed E-state index contributed by atoms with van der Waals surface area (Å²) in [6.45, 7) is 4.71. The summed E-state index contributed by atoms with van der Waals surface area (Å²) >= 11 is 0. The van der Waals surface area contributed by atoms with Gasteiger partial charge >= 0.3 is 5.97 Å². The van der Waals surface area contributed by atoms with E-state index in [4.69, 9.17) is 14.2 Å². The van der Waals surface area contributed by atoms with Crippen LogP contribution in [0.3, 0.4) is 0 Å². The van der Waals surface area contributed by atoms with Crippen LogP contribution in [0, 0.1) is 0 Å². The highest BCUT2D eigenvalue weighted by molar-refractivity contribution is 5.91. The molecule has 2 aromatic rings. The molecule has 0 saturated carbocycles. The predicted molar refractivity (Wildman–Crippen MR) is 110 cm³/mol. The van der Waals surface area contributed by atoms with Gasteiger partial charge in [0.25, 0.3) is 5.91 Å². The van der Waals surface area contributed by atoms with Crippen molar-refractivity contribution in [2.75, 3.05) is 51.4 Å². The Bertz CT molecular complexity index is 829. The second-order valence-corrected chi connectivity index (χ2v) is 6.57. The van der Waals surface area contributed by atoms with Crippen molar-refractivity contribution in [2.45, 2.75) is 6.92 Å². The topological polar surface area (TPSA) is 68.3 Å². The van der Waals surface area contributed by atoms with E-state index in [-0.39, 0.29) is 12.5 Å². The Hall–Kier alpha value is -3.22. The van der Waals surface area contributed by atoms with Gasteiger partial charge in [-0.25, -0.2) is 4.79 Å². The third-order valence-corrected chi connectivity index (χ3v) is 4.79. The minimum atomic E-state index is -0.519. The number of anilines is 1. The third kappa shape index (κ3) is 5.19. The molecule has 3 rings (SSSR count). The van der Waals surface area contributed by atoms with Crippen LogP contribution in [0.15, 0.2) is 48.5 Å². The molecule has 0 spiro atoms. The van der Waals surface area contributed by atoms with Crippen LogP contribution in [0.25, 0.3) is 0 Å². The molecule has 29 heavy (non-hydrogen) atoms. The van der Waals surface area contributed by atoms with Crippen LogP contribution in [-0.4, -0.2) is 63.3 Å². The van der Waals surface area contributed by atoms with E-state index < -0.39 is 5.97 Å². The lowest BCUT2D eigenvalue weighted by molar-refractivity contribution is -0.134. The number of rotatable bonds is 7. The van der Waals surface area contributed by atoms with E-state index in [1.807, 2.05) is 31.2 Å². The molecule has 2 aromatic carbocycles. The van der Waals surface area contributed by atoms with E-state index in [2.05, 4.69) is 4.90 Å². The fourth-order valence-electron chi connectivity index (χ4n) is 3.24. The molecule has 0 N–H and O–H groups in total. The second kappa shape index (κ2) is 9.82. The van der Waals surface area contributed by atoms with Crippen molar-refractivity contribution in [3.05, 3.63) is 54.1 Å². The molecule has 1 saturated heterocycles. The summed E-state index contributed by atoms with van der Waals surface area (Å²) in [5.41, 5.74) is 1.41. The molecule has 154 valence electrons. The molecule has 1 amide bonds. The summed E-state index contributed by atoms with van der Waals surface area (Å²) in [6.07, 6.45) is 0. The number of carbonyl (C=O) groups is 2. The largest absolute Gasteiger partial charge is 0.495 e. The lowest BCUT2D eigenvalue weighted by Gasteiger charge is -2.36. The van der Waals surface area contributed by atoms with E-state index in [9.17, 15) is 9.59 Å². The molecule has 7 heteroatoms. The van der Waals surface area contributed by atoms with Crippen LogP contribution >= 0.6 is 0 Å². The fraction of sp³-hybridized carbons (Fsp3) is 0.364. The van der Waals surface area contributed by atoms with Crippen molar-refractivity contribution in [2.24, 2.45) is 0 Å². The van der Waals surface area contributed by atoms with Crippen LogP contribution in [0.2, 0.25) is 0 Å². The first-order valence-electron chi connectivity index (χ1n) is 9.68. The van der Waals surface area contributed by atoms with Crippen LogP contribution in [0.5, 0.6) is 11.5 Å². The van der Waals surface area contributed by atoms with Gasteiger partial charge in [-0.15, -0.1) is 0 Å². The van der Waals surface area contributed by atoms with Crippen molar-refractivity contribution >= 4 is 17.6 Å². The summed E-state index contributed by atoms with van der Waals surface area (Å²) in [4.78, 5) is 28.5. The Morgan fingerprint density at radius 3 is 2.31 bits per heavy atom. The fourth-order valence-corrected chi connectivity index (χ4v) is 3.24. The minimum absolute atomic E-state index is 0.191. The standard InChI is InChI=1S/C22H26N2O5/c1-3-28-18-10-8-17(9-11-18)22(26)29-16-21(25)24-14-12-23(13-15-24)19-6-4-5-7-20(19)27-2/h4-11H,3,12-16H2,1-2H3. The number of methoxy groups -OCH3 is 1. The molecule has 0 atom stereocenters. The van der Waals surface area contributed by atoms with Gasteiger partial charge in [0.1, 0.15) is 11.5 Å². The van der Waals surface area contributed by atoms with Gasteiger partial charge in [0.2, 0.25) is 0 Å². The highest BCUT2D eigenvalue weighted by Crippen LogP contribution is 2.28. The van der Waals surface area contributed by atoms with Crippen molar-refractivity contribution in [1.82, 2.24) is 4.90 Å². The maximum absolute atomic E-state index is 12.4. The Kier molecular flexibility index (Phi) is 6.94. The van der Waals surface area contributed by atoms with E-state index in [1.165, 1.54) is 0 Å². The lowest BCUT2D eigenvalue weighted by Crippen LogP contribution is -2.50. The average Bonchev–Trinajstić information content (AvgIpc) is 2.78. The highest BCUT2D eigenvalue weighted by Gasteiger charge is 2.23. The number of benzene rings is 2. The first-order valence-corrected chi connectivity index (χ1v) is 9.68. The monoisotopic (exact) mass is 398 g/mol. The van der Waals surface area contributed by atoms with E-state index in [0.717, 1.165) is 11.4 Å². The Labute approximate surface area is 170 Å². The number of piperazine rings is 1. The van der Waals surface area contributed by atoms with Crippen LogP contribution in [0.4, 0.5) is 5.69 Å². The van der Waals surface area contributed by atoms with Crippen molar-refractivity contribution in [3.8, 4) is 11.5 Å². The van der Waals surface area contributed by atoms with Gasteiger partial charge in [-0.3, -0.25) is 4.79 Å². The van der Waals surface area contributed by atoms with Crippen molar-refractivity contribution in [3.63, 3.8) is 0 Å². The minimum Gasteiger partial charge on any atom is -0.495 e. The number of ether oxygens (including phenoxy) is 3. The first-order chi connectivity index (χ1) is 14.1. The van der Waals surface area contributed by atoms with Gasteiger partial charge in [-0.2, -0.15) is 0 Å². The molecule has 1 fully saturated rings. The Balaban J connectivity index is 1.47. The molecular weight excluding hydrogens is 372 g/mol. The average molecular weight is 398 g/mol. The molecule has 0 aromatic heterocycles. The zero-order valence-corrected chi connectivity index (χ0v) is 16.8. The number of hydrogen-bond acceptors (Lipinski definition) is 6. The quantitative estimate of drug-likeness (QED) is 0.668. The summed E-state index contributed by atoms with van der Waals surface area (Å²) < 4.78 is 15.9. The third-order valence-electron chi connectivity index (χ3n) is 4.79. The maximum atomic E-state index is 12.4. The van der Waals surface area contributed by atoms with Crippen LogP contribution in [0.1, 0.15) is 17.3 Å². The summed E-state index contributed by atoms with van der Waals surface area (Å²) in [5, 5.41) is 0. The van der Waals surface area contributed by atoms with Crippen molar-refractivity contribution < 1.29 is 23.8 Å². The number of para-hydroxylation sites is 2. The molecule has 1 aliphatic heterocycles.